The van der Waals surface area contributed by atoms with E-state index in [0.29, 0.717) is 6.54 Å². The van der Waals surface area contributed by atoms with Crippen LogP contribution in [0.1, 0.15) is 29.2 Å². The summed E-state index contributed by atoms with van der Waals surface area (Å²) in [6, 6.07) is 16.2. The lowest BCUT2D eigenvalue weighted by atomic mass is 9.94. The van der Waals surface area contributed by atoms with Crippen LogP contribution in [0.5, 0.6) is 11.5 Å². The summed E-state index contributed by atoms with van der Waals surface area (Å²) in [4.78, 5) is 4.24. The van der Waals surface area contributed by atoms with Crippen LogP contribution >= 0.6 is 0 Å². The number of benzene rings is 2. The minimum Gasteiger partial charge on any atom is -0.454 e. The summed E-state index contributed by atoms with van der Waals surface area (Å²) in [5.74, 6) is 1.56. The molecule has 29 heavy (non-hydrogen) atoms. The SMILES string of the molecule is CC1Cc2cc3c(cc2C(c2ccc(N)cc2)=NN1Cc1cccnc1)OCO3. The molecule has 0 bridgehead atoms. The molecule has 0 amide bonds. The summed E-state index contributed by atoms with van der Waals surface area (Å²) in [6.45, 7) is 3.14. The Morgan fingerprint density at radius 3 is 2.66 bits per heavy atom. The predicted molar refractivity (Wildman–Crippen MR) is 112 cm³/mol. The van der Waals surface area contributed by atoms with E-state index >= 15 is 0 Å². The van der Waals surface area contributed by atoms with E-state index in [-0.39, 0.29) is 12.8 Å². The minimum atomic E-state index is 0.209. The van der Waals surface area contributed by atoms with Gasteiger partial charge in [0.15, 0.2) is 11.5 Å². The third kappa shape index (κ3) is 3.38. The first kappa shape index (κ1) is 17.6. The number of hydrogen-bond donors (Lipinski definition) is 1. The van der Waals surface area contributed by atoms with Crippen LogP contribution in [0, 0.1) is 0 Å². The Kier molecular flexibility index (Phi) is 4.31. The summed E-state index contributed by atoms with van der Waals surface area (Å²) < 4.78 is 11.3. The fourth-order valence-electron chi connectivity index (χ4n) is 3.80. The molecule has 2 aliphatic rings. The van der Waals surface area contributed by atoms with Crippen molar-refractivity contribution in [2.24, 2.45) is 5.10 Å². The quantitative estimate of drug-likeness (QED) is 0.697. The number of pyridine rings is 1. The lowest BCUT2D eigenvalue weighted by molar-refractivity contribution is 0.174. The van der Waals surface area contributed by atoms with Gasteiger partial charge in [0.1, 0.15) is 0 Å². The van der Waals surface area contributed by atoms with Gasteiger partial charge >= 0.3 is 0 Å². The zero-order chi connectivity index (χ0) is 19.8. The van der Waals surface area contributed by atoms with E-state index in [9.17, 15) is 0 Å². The molecule has 2 N–H and O–H groups in total. The van der Waals surface area contributed by atoms with Crippen LogP contribution in [-0.2, 0) is 13.0 Å². The molecule has 0 saturated heterocycles. The maximum absolute atomic E-state index is 5.91. The summed E-state index contributed by atoms with van der Waals surface area (Å²) in [5, 5.41) is 7.24. The smallest absolute Gasteiger partial charge is 0.231 e. The van der Waals surface area contributed by atoms with Gasteiger partial charge in [0, 0.05) is 35.2 Å². The second-order valence-corrected chi connectivity index (χ2v) is 7.45. The number of nitrogen functional groups attached to an aromatic ring is 1. The molecule has 5 rings (SSSR count). The minimum absolute atomic E-state index is 0.209. The molecular weight excluding hydrogens is 364 g/mol. The molecule has 0 saturated carbocycles. The van der Waals surface area contributed by atoms with Gasteiger partial charge in [-0.05, 0) is 54.8 Å². The number of nitrogens with zero attached hydrogens (tertiary/aromatic N) is 3. The zero-order valence-corrected chi connectivity index (χ0v) is 16.2. The van der Waals surface area contributed by atoms with Crippen molar-refractivity contribution in [2.75, 3.05) is 12.5 Å². The van der Waals surface area contributed by atoms with Crippen LogP contribution < -0.4 is 15.2 Å². The second-order valence-electron chi connectivity index (χ2n) is 7.45. The molecule has 0 aliphatic carbocycles. The molecule has 6 nitrogen and oxygen atoms in total. The van der Waals surface area contributed by atoms with Gasteiger partial charge in [0.2, 0.25) is 6.79 Å². The van der Waals surface area contributed by atoms with Crippen molar-refractivity contribution < 1.29 is 9.47 Å². The maximum atomic E-state index is 5.91. The number of hydrazone groups is 1. The largest absolute Gasteiger partial charge is 0.454 e. The first-order chi connectivity index (χ1) is 14.2. The van der Waals surface area contributed by atoms with E-state index in [1.165, 1.54) is 5.56 Å². The van der Waals surface area contributed by atoms with Crippen molar-refractivity contribution >= 4 is 11.4 Å². The Hall–Kier alpha value is -3.54. The first-order valence-electron chi connectivity index (χ1n) is 9.70. The van der Waals surface area contributed by atoms with Crippen molar-refractivity contribution in [2.45, 2.75) is 25.9 Å². The van der Waals surface area contributed by atoms with Gasteiger partial charge < -0.3 is 15.2 Å². The van der Waals surface area contributed by atoms with E-state index in [1.54, 1.807) is 6.20 Å². The molecule has 2 aromatic carbocycles. The summed E-state index contributed by atoms with van der Waals surface area (Å²) >= 11 is 0. The Balaban J connectivity index is 1.63. The van der Waals surface area contributed by atoms with E-state index in [4.69, 9.17) is 20.3 Å². The third-order valence-corrected chi connectivity index (χ3v) is 5.36. The third-order valence-electron chi connectivity index (χ3n) is 5.36. The van der Waals surface area contributed by atoms with Gasteiger partial charge in [-0.1, -0.05) is 18.2 Å². The fraction of sp³-hybridized carbons (Fsp3) is 0.217. The van der Waals surface area contributed by atoms with Gasteiger partial charge in [0.05, 0.1) is 12.3 Å². The molecule has 146 valence electrons. The molecule has 3 aromatic rings. The van der Waals surface area contributed by atoms with Crippen LogP contribution in [0.15, 0.2) is 66.0 Å². The van der Waals surface area contributed by atoms with Crippen LogP contribution in [0.3, 0.4) is 0 Å². The van der Waals surface area contributed by atoms with E-state index < -0.39 is 0 Å². The van der Waals surface area contributed by atoms with Crippen LogP contribution in [0.2, 0.25) is 0 Å². The van der Waals surface area contributed by atoms with Crippen LogP contribution in [0.4, 0.5) is 5.69 Å². The van der Waals surface area contributed by atoms with Gasteiger partial charge in [-0.3, -0.25) is 9.99 Å². The number of anilines is 1. The second kappa shape index (κ2) is 7.13. The monoisotopic (exact) mass is 386 g/mol. The Bertz CT molecular complexity index is 1060. The number of fused-ring (bicyclic) bond motifs is 2. The Labute approximate surface area is 169 Å². The fourth-order valence-corrected chi connectivity index (χ4v) is 3.80. The van der Waals surface area contributed by atoms with E-state index in [2.05, 4.69) is 29.0 Å². The summed E-state index contributed by atoms with van der Waals surface area (Å²) in [7, 11) is 0. The molecule has 0 spiro atoms. The standard InChI is InChI=1S/C23H22N4O2/c1-15-9-18-10-21-22(29-14-28-21)11-20(18)23(17-4-6-19(24)7-5-17)26-27(15)13-16-3-2-8-25-12-16/h2-8,10-12,15H,9,13-14,24H2,1H3. The van der Waals surface area contributed by atoms with Crippen LogP contribution in [-0.4, -0.2) is 28.5 Å². The molecule has 1 atom stereocenters. The highest BCUT2D eigenvalue weighted by Crippen LogP contribution is 2.37. The van der Waals surface area contributed by atoms with Gasteiger partial charge in [-0.15, -0.1) is 0 Å². The number of hydrogen-bond acceptors (Lipinski definition) is 6. The summed E-state index contributed by atoms with van der Waals surface area (Å²) in [5.41, 5.74) is 12.0. The molecule has 6 heteroatoms. The molecule has 3 heterocycles. The highest BCUT2D eigenvalue weighted by atomic mass is 16.7. The van der Waals surface area contributed by atoms with Crippen molar-refractivity contribution in [1.29, 1.82) is 0 Å². The average molecular weight is 386 g/mol. The molecule has 0 radical (unpaired) electrons. The van der Waals surface area contributed by atoms with Crippen molar-refractivity contribution in [3.05, 3.63) is 83.2 Å². The number of rotatable bonds is 3. The summed E-state index contributed by atoms with van der Waals surface area (Å²) in [6.07, 6.45) is 4.53. The van der Waals surface area contributed by atoms with Crippen molar-refractivity contribution in [1.82, 2.24) is 9.99 Å². The number of nitrogens with two attached hydrogens (primary N) is 1. The van der Waals surface area contributed by atoms with Crippen molar-refractivity contribution in [3.63, 3.8) is 0 Å². The maximum Gasteiger partial charge on any atom is 0.231 e. The molecule has 1 aromatic heterocycles. The van der Waals surface area contributed by atoms with E-state index in [1.807, 2.05) is 42.6 Å². The average Bonchev–Trinajstić information content (AvgIpc) is 3.14. The van der Waals surface area contributed by atoms with Crippen molar-refractivity contribution in [3.8, 4) is 11.5 Å². The first-order valence-corrected chi connectivity index (χ1v) is 9.70. The zero-order valence-electron chi connectivity index (χ0n) is 16.2. The van der Waals surface area contributed by atoms with Gasteiger partial charge in [0.25, 0.3) is 0 Å². The van der Waals surface area contributed by atoms with Gasteiger partial charge in [-0.25, -0.2) is 0 Å². The topological polar surface area (TPSA) is 73.0 Å². The normalized spacial score (nSPS) is 17.5. The molecule has 0 fully saturated rings. The van der Waals surface area contributed by atoms with Gasteiger partial charge in [-0.2, -0.15) is 5.10 Å². The Morgan fingerprint density at radius 2 is 1.90 bits per heavy atom. The van der Waals surface area contributed by atoms with Crippen LogP contribution in [0.25, 0.3) is 0 Å². The molecule has 1 unspecified atom stereocenters. The Morgan fingerprint density at radius 1 is 1.10 bits per heavy atom. The number of ether oxygens (including phenoxy) is 2. The highest BCUT2D eigenvalue weighted by Gasteiger charge is 2.27. The highest BCUT2D eigenvalue weighted by molar-refractivity contribution is 6.14. The number of aromatic nitrogens is 1. The predicted octanol–water partition coefficient (Wildman–Crippen LogP) is 3.59. The van der Waals surface area contributed by atoms with E-state index in [0.717, 1.165) is 46.0 Å². The lowest BCUT2D eigenvalue weighted by Gasteiger charge is -2.25. The molecule has 2 aliphatic heterocycles. The molecular formula is C23H22N4O2. The lowest BCUT2D eigenvalue weighted by Crippen LogP contribution is -2.29.